The van der Waals surface area contributed by atoms with Gasteiger partial charge in [0, 0.05) is 25.4 Å². The van der Waals surface area contributed by atoms with Crippen molar-refractivity contribution in [1.82, 2.24) is 9.88 Å². The van der Waals surface area contributed by atoms with Gasteiger partial charge in [0.15, 0.2) is 0 Å². The van der Waals surface area contributed by atoms with E-state index in [2.05, 4.69) is 10.3 Å². The molecular formula is C21H20FN3O. The molecule has 132 valence electrons. The summed E-state index contributed by atoms with van der Waals surface area (Å²) in [5.74, 6) is 0.502. The van der Waals surface area contributed by atoms with Crippen LogP contribution in [0.3, 0.4) is 0 Å². The predicted molar refractivity (Wildman–Crippen MR) is 100 cm³/mol. The van der Waals surface area contributed by atoms with E-state index >= 15 is 0 Å². The molecule has 1 aliphatic rings. The number of rotatable bonds is 2. The quantitative estimate of drug-likeness (QED) is 0.751. The highest BCUT2D eigenvalue weighted by Crippen LogP contribution is 2.30. The van der Waals surface area contributed by atoms with Gasteiger partial charge in [-0.05, 0) is 47.9 Å². The van der Waals surface area contributed by atoms with Gasteiger partial charge in [0.1, 0.15) is 11.6 Å². The molecule has 2 heterocycles. The van der Waals surface area contributed by atoms with Gasteiger partial charge in [-0.2, -0.15) is 0 Å². The van der Waals surface area contributed by atoms with Gasteiger partial charge in [-0.15, -0.1) is 0 Å². The van der Waals surface area contributed by atoms with E-state index in [0.717, 1.165) is 34.3 Å². The zero-order valence-corrected chi connectivity index (χ0v) is 14.6. The molecule has 0 bridgehead atoms. The highest BCUT2D eigenvalue weighted by molar-refractivity contribution is 5.80. The van der Waals surface area contributed by atoms with Crippen LogP contribution < -0.4 is 5.32 Å². The highest BCUT2D eigenvalue weighted by atomic mass is 19.1. The van der Waals surface area contributed by atoms with Crippen LogP contribution in [0.25, 0.3) is 10.9 Å². The molecule has 1 amide bonds. The number of aromatic nitrogens is 1. The number of pyridine rings is 1. The first-order valence-electron chi connectivity index (χ1n) is 8.76. The number of anilines is 1. The summed E-state index contributed by atoms with van der Waals surface area (Å²) in [5, 5.41) is 4.56. The molecule has 0 saturated heterocycles. The number of carbonyl (C=O) groups excluding carboxylic acids is 1. The summed E-state index contributed by atoms with van der Waals surface area (Å²) in [5.41, 5.74) is 2.79. The molecule has 2 aromatic carbocycles. The molecule has 3 aromatic rings. The van der Waals surface area contributed by atoms with Crippen LogP contribution in [-0.2, 0) is 11.3 Å². The number of para-hydroxylation sites is 1. The molecule has 1 unspecified atom stereocenters. The number of amides is 1. The molecule has 0 saturated carbocycles. The van der Waals surface area contributed by atoms with Gasteiger partial charge in [-0.3, -0.25) is 4.79 Å². The number of nitrogens with one attached hydrogen (secondary N) is 1. The van der Waals surface area contributed by atoms with Gasteiger partial charge >= 0.3 is 0 Å². The first kappa shape index (κ1) is 16.5. The predicted octanol–water partition coefficient (Wildman–Crippen LogP) is 4.28. The lowest BCUT2D eigenvalue weighted by molar-refractivity contribution is -0.129. The van der Waals surface area contributed by atoms with Crippen molar-refractivity contribution in [3.63, 3.8) is 0 Å². The summed E-state index contributed by atoms with van der Waals surface area (Å²) < 4.78 is 13.7. The zero-order valence-electron chi connectivity index (χ0n) is 14.6. The van der Waals surface area contributed by atoms with Gasteiger partial charge < -0.3 is 10.2 Å². The van der Waals surface area contributed by atoms with E-state index in [-0.39, 0.29) is 17.8 Å². The molecule has 0 aliphatic carbocycles. The summed E-state index contributed by atoms with van der Waals surface area (Å²) in [6, 6.07) is 16.8. The molecule has 0 radical (unpaired) electrons. The number of hydrogen-bond donors (Lipinski definition) is 1. The maximum absolute atomic E-state index is 13.7. The zero-order chi connectivity index (χ0) is 18.1. The first-order chi connectivity index (χ1) is 12.6. The van der Waals surface area contributed by atoms with E-state index < -0.39 is 0 Å². The summed E-state index contributed by atoms with van der Waals surface area (Å²) >= 11 is 0. The molecule has 0 fully saturated rings. The Morgan fingerprint density at radius 3 is 2.88 bits per heavy atom. The normalized spacial score (nSPS) is 16.8. The second-order valence-electron chi connectivity index (χ2n) is 6.66. The smallest absolute Gasteiger partial charge is 0.219 e. The van der Waals surface area contributed by atoms with Crippen molar-refractivity contribution in [2.24, 2.45) is 0 Å². The number of hydrogen-bond acceptors (Lipinski definition) is 3. The fourth-order valence-corrected chi connectivity index (χ4v) is 3.52. The van der Waals surface area contributed by atoms with Crippen molar-refractivity contribution in [2.75, 3.05) is 11.9 Å². The van der Waals surface area contributed by atoms with Crippen molar-refractivity contribution in [1.29, 1.82) is 0 Å². The van der Waals surface area contributed by atoms with Crippen molar-refractivity contribution in [2.45, 2.75) is 25.9 Å². The van der Waals surface area contributed by atoms with E-state index in [9.17, 15) is 9.18 Å². The Balaban J connectivity index is 1.67. The van der Waals surface area contributed by atoms with E-state index in [1.165, 1.54) is 12.1 Å². The van der Waals surface area contributed by atoms with Crippen LogP contribution in [-0.4, -0.2) is 22.3 Å². The van der Waals surface area contributed by atoms with Crippen LogP contribution >= 0.6 is 0 Å². The van der Waals surface area contributed by atoms with Gasteiger partial charge in [-0.1, -0.05) is 24.3 Å². The van der Waals surface area contributed by atoms with Gasteiger partial charge in [0.25, 0.3) is 0 Å². The number of nitrogens with zero attached hydrogens (tertiary/aromatic N) is 2. The molecular weight excluding hydrogens is 329 g/mol. The molecule has 5 heteroatoms. The van der Waals surface area contributed by atoms with E-state index in [1.54, 1.807) is 11.8 Å². The standard InChI is InChI=1S/C21H20FN3O/c1-14(26)25-11-10-20(18-8-7-17(22)12-16(18)13-25)24-21-9-6-15-4-2-3-5-19(15)23-21/h2-9,12,20H,10-11,13H2,1H3,(H,23,24). The average molecular weight is 349 g/mol. The molecule has 0 spiro atoms. The maximum Gasteiger partial charge on any atom is 0.219 e. The summed E-state index contributed by atoms with van der Waals surface area (Å²) in [6.07, 6.45) is 0.743. The Bertz CT molecular complexity index is 972. The fourth-order valence-electron chi connectivity index (χ4n) is 3.52. The van der Waals surface area contributed by atoms with E-state index in [1.807, 2.05) is 42.5 Å². The minimum Gasteiger partial charge on any atom is -0.363 e. The number of halogens is 1. The minimum absolute atomic E-state index is 0.00434. The lowest BCUT2D eigenvalue weighted by atomic mass is 9.99. The molecule has 4 rings (SSSR count). The highest BCUT2D eigenvalue weighted by Gasteiger charge is 2.24. The van der Waals surface area contributed by atoms with Crippen LogP contribution in [0.1, 0.15) is 30.5 Å². The second-order valence-corrected chi connectivity index (χ2v) is 6.66. The third-order valence-electron chi connectivity index (χ3n) is 4.90. The van der Waals surface area contributed by atoms with Crippen molar-refractivity contribution in [3.8, 4) is 0 Å². The Kier molecular flexibility index (Phi) is 4.29. The van der Waals surface area contributed by atoms with Crippen LogP contribution in [0.5, 0.6) is 0 Å². The molecule has 1 aromatic heterocycles. The third kappa shape index (κ3) is 3.25. The van der Waals surface area contributed by atoms with Crippen LogP contribution in [0.4, 0.5) is 10.2 Å². The third-order valence-corrected chi connectivity index (χ3v) is 4.90. The van der Waals surface area contributed by atoms with Gasteiger partial charge in [0.2, 0.25) is 5.91 Å². The van der Waals surface area contributed by atoms with Crippen LogP contribution in [0.2, 0.25) is 0 Å². The van der Waals surface area contributed by atoms with Crippen molar-refractivity contribution >= 4 is 22.6 Å². The Labute approximate surface area is 151 Å². The minimum atomic E-state index is -0.281. The van der Waals surface area contributed by atoms with E-state index in [0.29, 0.717) is 13.1 Å². The Hall–Kier alpha value is -2.95. The van der Waals surface area contributed by atoms with Crippen molar-refractivity contribution < 1.29 is 9.18 Å². The second kappa shape index (κ2) is 6.75. The molecule has 1 aliphatic heterocycles. The number of carbonyl (C=O) groups is 1. The fraction of sp³-hybridized carbons (Fsp3) is 0.238. The molecule has 4 nitrogen and oxygen atoms in total. The SMILES string of the molecule is CC(=O)N1CCC(Nc2ccc3ccccc3n2)c2ccc(F)cc2C1. The van der Waals surface area contributed by atoms with Crippen molar-refractivity contribution in [3.05, 3.63) is 71.5 Å². The number of benzene rings is 2. The summed E-state index contributed by atoms with van der Waals surface area (Å²) in [7, 11) is 0. The topological polar surface area (TPSA) is 45.2 Å². The van der Waals surface area contributed by atoms with Crippen LogP contribution in [0.15, 0.2) is 54.6 Å². The van der Waals surface area contributed by atoms with Gasteiger partial charge in [-0.25, -0.2) is 9.37 Å². The van der Waals surface area contributed by atoms with Gasteiger partial charge in [0.05, 0.1) is 11.6 Å². The maximum atomic E-state index is 13.7. The molecule has 1 N–H and O–H groups in total. The monoisotopic (exact) mass is 349 g/mol. The summed E-state index contributed by atoms with van der Waals surface area (Å²) in [4.78, 5) is 18.3. The first-order valence-corrected chi connectivity index (χ1v) is 8.76. The van der Waals surface area contributed by atoms with E-state index in [4.69, 9.17) is 0 Å². The lowest BCUT2D eigenvalue weighted by Crippen LogP contribution is -2.28. The Morgan fingerprint density at radius 1 is 1.19 bits per heavy atom. The molecule has 1 atom stereocenters. The lowest BCUT2D eigenvalue weighted by Gasteiger charge is -2.20. The number of fused-ring (bicyclic) bond motifs is 2. The largest absolute Gasteiger partial charge is 0.363 e. The van der Waals surface area contributed by atoms with Crippen LogP contribution in [0, 0.1) is 5.82 Å². The average Bonchev–Trinajstić information content (AvgIpc) is 2.81. The molecule has 26 heavy (non-hydrogen) atoms. The Morgan fingerprint density at radius 2 is 2.04 bits per heavy atom. The summed E-state index contributed by atoms with van der Waals surface area (Å²) in [6.45, 7) is 2.61.